The van der Waals surface area contributed by atoms with Crippen LogP contribution in [0.3, 0.4) is 0 Å². The van der Waals surface area contributed by atoms with Crippen molar-refractivity contribution in [2.45, 2.75) is 32.4 Å². The van der Waals surface area contributed by atoms with E-state index in [9.17, 15) is 0 Å². The molecule has 1 N–H and O–H groups in total. The quantitative estimate of drug-likeness (QED) is 0.564. The summed E-state index contributed by atoms with van der Waals surface area (Å²) in [6, 6.07) is 1.14. The maximum Gasteiger partial charge on any atom is 0.0620 e. The van der Waals surface area contributed by atoms with Gasteiger partial charge in [-0.15, -0.1) is 0 Å². The molecular formula is C7H15NO. The molecule has 2 nitrogen and oxygen atoms in total. The normalized spacial score (nSPS) is 36.7. The fourth-order valence-electron chi connectivity index (χ4n) is 1.12. The first kappa shape index (κ1) is 7.03. The van der Waals surface area contributed by atoms with Gasteiger partial charge in [0.2, 0.25) is 0 Å². The Labute approximate surface area is 56.6 Å². The van der Waals surface area contributed by atoms with Crippen molar-refractivity contribution >= 4 is 0 Å². The number of nitrogens with one attached hydrogen (secondary N) is 1. The predicted molar refractivity (Wildman–Crippen MR) is 37.5 cm³/mol. The van der Waals surface area contributed by atoms with E-state index in [4.69, 9.17) is 4.74 Å². The highest BCUT2D eigenvalue weighted by atomic mass is 16.5. The fraction of sp³-hybridized carbons (Fsp3) is 1.00. The van der Waals surface area contributed by atoms with Crippen molar-refractivity contribution in [1.29, 1.82) is 0 Å². The molecule has 0 unspecified atom stereocenters. The van der Waals surface area contributed by atoms with E-state index in [1.165, 1.54) is 6.42 Å². The van der Waals surface area contributed by atoms with Gasteiger partial charge in [-0.1, -0.05) is 6.92 Å². The highest BCUT2D eigenvalue weighted by molar-refractivity contribution is 4.73. The molecule has 0 spiro atoms. The summed E-state index contributed by atoms with van der Waals surface area (Å²) < 4.78 is 5.32. The standard InChI is InChI=1S/C7H15NO/c1-3-7-5-9-4-6(2)8-7/h6-8H,3-5H2,1-2H3/t6-,7+/m1/s1. The van der Waals surface area contributed by atoms with Crippen LogP contribution in [-0.4, -0.2) is 25.3 Å². The third-order valence-electron chi connectivity index (χ3n) is 1.70. The molecular weight excluding hydrogens is 114 g/mol. The largest absolute Gasteiger partial charge is 0.378 e. The molecule has 0 aromatic heterocycles. The van der Waals surface area contributed by atoms with Crippen LogP contribution in [-0.2, 0) is 4.74 Å². The van der Waals surface area contributed by atoms with Crippen LogP contribution in [0.5, 0.6) is 0 Å². The number of hydrogen-bond acceptors (Lipinski definition) is 2. The molecule has 54 valence electrons. The lowest BCUT2D eigenvalue weighted by Crippen LogP contribution is -2.46. The Morgan fingerprint density at radius 2 is 2.33 bits per heavy atom. The minimum atomic E-state index is 0.545. The number of morpholine rings is 1. The second kappa shape index (κ2) is 3.18. The lowest BCUT2D eigenvalue weighted by atomic mass is 10.2. The molecule has 9 heavy (non-hydrogen) atoms. The monoisotopic (exact) mass is 129 g/mol. The minimum absolute atomic E-state index is 0.545. The van der Waals surface area contributed by atoms with Crippen LogP contribution in [0.2, 0.25) is 0 Å². The van der Waals surface area contributed by atoms with Crippen LogP contribution in [0.25, 0.3) is 0 Å². The summed E-state index contributed by atoms with van der Waals surface area (Å²) in [6.45, 7) is 6.10. The SMILES string of the molecule is CC[C@H]1COC[C@@H](C)N1. The van der Waals surface area contributed by atoms with Crippen LogP contribution in [0.1, 0.15) is 20.3 Å². The summed E-state index contributed by atoms with van der Waals surface area (Å²) in [6.07, 6.45) is 1.17. The molecule has 0 radical (unpaired) electrons. The first-order chi connectivity index (χ1) is 4.33. The highest BCUT2D eigenvalue weighted by Gasteiger charge is 2.15. The van der Waals surface area contributed by atoms with Crippen molar-refractivity contribution in [2.75, 3.05) is 13.2 Å². The molecule has 1 rings (SSSR count). The fourth-order valence-corrected chi connectivity index (χ4v) is 1.12. The van der Waals surface area contributed by atoms with Crippen molar-refractivity contribution < 1.29 is 4.74 Å². The van der Waals surface area contributed by atoms with Crippen LogP contribution in [0, 0.1) is 0 Å². The van der Waals surface area contributed by atoms with Crippen LogP contribution < -0.4 is 5.32 Å². The number of hydrogen-bond donors (Lipinski definition) is 1. The van der Waals surface area contributed by atoms with Crippen LogP contribution in [0.15, 0.2) is 0 Å². The summed E-state index contributed by atoms with van der Waals surface area (Å²) in [7, 11) is 0. The molecule has 1 aliphatic rings. The molecule has 0 amide bonds. The third-order valence-corrected chi connectivity index (χ3v) is 1.70. The average Bonchev–Trinajstić information content (AvgIpc) is 1.88. The van der Waals surface area contributed by atoms with Gasteiger partial charge in [-0.05, 0) is 13.3 Å². The van der Waals surface area contributed by atoms with Gasteiger partial charge in [-0.2, -0.15) is 0 Å². The van der Waals surface area contributed by atoms with Gasteiger partial charge in [0.25, 0.3) is 0 Å². The summed E-state index contributed by atoms with van der Waals surface area (Å²) in [5, 5.41) is 3.44. The summed E-state index contributed by atoms with van der Waals surface area (Å²) in [5.74, 6) is 0. The molecule has 1 saturated heterocycles. The Hall–Kier alpha value is -0.0800. The predicted octanol–water partition coefficient (Wildman–Crippen LogP) is 0.773. The average molecular weight is 129 g/mol. The van der Waals surface area contributed by atoms with Gasteiger partial charge in [0.1, 0.15) is 0 Å². The van der Waals surface area contributed by atoms with Crippen molar-refractivity contribution in [3.8, 4) is 0 Å². The van der Waals surface area contributed by atoms with Crippen molar-refractivity contribution in [3.63, 3.8) is 0 Å². The minimum Gasteiger partial charge on any atom is -0.378 e. The molecule has 0 bridgehead atoms. The molecule has 2 heteroatoms. The van der Waals surface area contributed by atoms with Gasteiger partial charge >= 0.3 is 0 Å². The first-order valence-corrected chi connectivity index (χ1v) is 3.66. The van der Waals surface area contributed by atoms with Gasteiger partial charge in [-0.3, -0.25) is 0 Å². The van der Waals surface area contributed by atoms with E-state index in [1.54, 1.807) is 0 Å². The van der Waals surface area contributed by atoms with E-state index < -0.39 is 0 Å². The molecule has 1 fully saturated rings. The Morgan fingerprint density at radius 3 is 2.78 bits per heavy atom. The second-order valence-electron chi connectivity index (χ2n) is 2.71. The molecule has 0 saturated carbocycles. The van der Waals surface area contributed by atoms with Gasteiger partial charge < -0.3 is 10.1 Å². The molecule has 2 atom stereocenters. The van der Waals surface area contributed by atoms with E-state index >= 15 is 0 Å². The lowest BCUT2D eigenvalue weighted by Gasteiger charge is -2.27. The number of rotatable bonds is 1. The smallest absolute Gasteiger partial charge is 0.0620 e. The first-order valence-electron chi connectivity index (χ1n) is 3.66. The zero-order chi connectivity index (χ0) is 6.69. The van der Waals surface area contributed by atoms with Crippen molar-refractivity contribution in [2.24, 2.45) is 0 Å². The summed E-state index contributed by atoms with van der Waals surface area (Å²) >= 11 is 0. The Kier molecular flexibility index (Phi) is 2.49. The summed E-state index contributed by atoms with van der Waals surface area (Å²) in [4.78, 5) is 0. The zero-order valence-corrected chi connectivity index (χ0v) is 6.18. The maximum absolute atomic E-state index is 5.32. The van der Waals surface area contributed by atoms with Crippen LogP contribution in [0.4, 0.5) is 0 Å². The Morgan fingerprint density at radius 1 is 1.56 bits per heavy atom. The number of ether oxygens (including phenoxy) is 1. The van der Waals surface area contributed by atoms with E-state index in [0.717, 1.165) is 13.2 Å². The maximum atomic E-state index is 5.32. The molecule has 1 heterocycles. The highest BCUT2D eigenvalue weighted by Crippen LogP contribution is 2.01. The van der Waals surface area contributed by atoms with Gasteiger partial charge in [0.15, 0.2) is 0 Å². The van der Waals surface area contributed by atoms with E-state index in [-0.39, 0.29) is 0 Å². The Bertz CT molecular complexity index is 85.0. The third kappa shape index (κ3) is 1.95. The van der Waals surface area contributed by atoms with Gasteiger partial charge in [0, 0.05) is 12.1 Å². The van der Waals surface area contributed by atoms with E-state index in [0.29, 0.717) is 12.1 Å². The second-order valence-corrected chi connectivity index (χ2v) is 2.71. The summed E-state index contributed by atoms with van der Waals surface area (Å²) in [5.41, 5.74) is 0. The molecule has 1 aliphatic heterocycles. The van der Waals surface area contributed by atoms with E-state index in [2.05, 4.69) is 19.2 Å². The molecule has 0 aromatic rings. The van der Waals surface area contributed by atoms with Gasteiger partial charge in [-0.25, -0.2) is 0 Å². The van der Waals surface area contributed by atoms with Crippen LogP contribution >= 0.6 is 0 Å². The van der Waals surface area contributed by atoms with Crippen molar-refractivity contribution in [3.05, 3.63) is 0 Å². The topological polar surface area (TPSA) is 21.3 Å². The Balaban J connectivity index is 2.23. The zero-order valence-electron chi connectivity index (χ0n) is 6.18. The molecule has 0 aromatic carbocycles. The van der Waals surface area contributed by atoms with Crippen molar-refractivity contribution in [1.82, 2.24) is 5.32 Å². The lowest BCUT2D eigenvalue weighted by molar-refractivity contribution is 0.0496. The van der Waals surface area contributed by atoms with Gasteiger partial charge in [0.05, 0.1) is 13.2 Å². The van der Waals surface area contributed by atoms with E-state index in [1.807, 2.05) is 0 Å². The molecule has 0 aliphatic carbocycles.